The minimum Gasteiger partial charge on any atom is -0.302 e. The van der Waals surface area contributed by atoms with Gasteiger partial charge in [-0.25, -0.2) is 4.68 Å². The smallest absolute Gasteiger partial charge is 0.165 e. The van der Waals surface area contributed by atoms with Crippen LogP contribution in [0.3, 0.4) is 0 Å². The first-order chi connectivity index (χ1) is 11.2. The van der Waals surface area contributed by atoms with Crippen molar-refractivity contribution < 1.29 is 0 Å². The normalized spacial score (nSPS) is 13.8. The van der Waals surface area contributed by atoms with Crippen LogP contribution in [0.25, 0.3) is 6.08 Å². The van der Waals surface area contributed by atoms with Crippen molar-refractivity contribution in [2.24, 2.45) is 5.41 Å². The summed E-state index contributed by atoms with van der Waals surface area (Å²) in [6, 6.07) is 5.47. The van der Waals surface area contributed by atoms with Crippen molar-refractivity contribution in [1.82, 2.24) is 25.1 Å². The molecular weight excluding hydrogens is 345 g/mol. The van der Waals surface area contributed by atoms with Crippen molar-refractivity contribution in [2.45, 2.75) is 33.4 Å². The molecule has 7 heteroatoms. The number of tetrazole rings is 1. The number of halogens is 2. The molecule has 2 rings (SSSR count). The van der Waals surface area contributed by atoms with Gasteiger partial charge in [0.25, 0.3) is 0 Å². The molecule has 0 bridgehead atoms. The maximum atomic E-state index is 6.26. The fourth-order valence-corrected chi connectivity index (χ4v) is 2.86. The number of benzene rings is 1. The van der Waals surface area contributed by atoms with Crippen LogP contribution in [-0.4, -0.2) is 39.2 Å². The zero-order valence-corrected chi connectivity index (χ0v) is 16.2. The van der Waals surface area contributed by atoms with Gasteiger partial charge in [-0.05, 0) is 47.6 Å². The first-order valence-electron chi connectivity index (χ1n) is 7.73. The zero-order valence-electron chi connectivity index (χ0n) is 14.7. The SMILES string of the molecule is CN(C)Cc1nnnn1[C@@H](/C=C/c1ccc(Cl)cc1Cl)C(C)(C)C. The van der Waals surface area contributed by atoms with Crippen LogP contribution in [0.4, 0.5) is 0 Å². The Morgan fingerprint density at radius 3 is 2.54 bits per heavy atom. The fraction of sp³-hybridized carbons (Fsp3) is 0.471. The molecule has 0 saturated heterocycles. The summed E-state index contributed by atoms with van der Waals surface area (Å²) in [6.07, 6.45) is 4.08. The zero-order chi connectivity index (χ0) is 17.9. The molecule has 1 atom stereocenters. The van der Waals surface area contributed by atoms with Gasteiger partial charge in [0.2, 0.25) is 0 Å². The maximum absolute atomic E-state index is 6.26. The minimum absolute atomic E-state index is 0.00538. The molecule has 24 heavy (non-hydrogen) atoms. The molecule has 0 radical (unpaired) electrons. The van der Waals surface area contributed by atoms with Crippen LogP contribution in [-0.2, 0) is 6.54 Å². The van der Waals surface area contributed by atoms with E-state index in [0.717, 1.165) is 11.4 Å². The van der Waals surface area contributed by atoms with Crippen LogP contribution in [0.15, 0.2) is 24.3 Å². The van der Waals surface area contributed by atoms with E-state index in [1.807, 2.05) is 41.9 Å². The molecule has 1 heterocycles. The van der Waals surface area contributed by atoms with Gasteiger partial charge in [-0.2, -0.15) is 0 Å². The van der Waals surface area contributed by atoms with E-state index >= 15 is 0 Å². The lowest BCUT2D eigenvalue weighted by atomic mass is 9.86. The van der Waals surface area contributed by atoms with E-state index in [9.17, 15) is 0 Å². The number of rotatable bonds is 5. The summed E-state index contributed by atoms with van der Waals surface area (Å²) < 4.78 is 1.88. The Morgan fingerprint density at radius 2 is 1.96 bits per heavy atom. The largest absolute Gasteiger partial charge is 0.302 e. The number of aromatic nitrogens is 4. The van der Waals surface area contributed by atoms with Crippen molar-refractivity contribution in [3.05, 3.63) is 45.7 Å². The lowest BCUT2D eigenvalue weighted by molar-refractivity contribution is 0.256. The van der Waals surface area contributed by atoms with Crippen LogP contribution in [0.1, 0.15) is 38.2 Å². The lowest BCUT2D eigenvalue weighted by Crippen LogP contribution is -2.27. The molecule has 1 aromatic carbocycles. The Bertz CT molecular complexity index is 716. The van der Waals surface area contributed by atoms with Gasteiger partial charge in [0.15, 0.2) is 5.82 Å². The van der Waals surface area contributed by atoms with Crippen molar-refractivity contribution >= 4 is 29.3 Å². The number of hydrogen-bond acceptors (Lipinski definition) is 4. The standard InChI is InChI=1S/C17H23Cl2N5/c1-17(2,3)15(24-16(11-23(4)5)20-21-22-24)9-7-12-6-8-13(18)10-14(12)19/h6-10,15H,11H2,1-5H3/b9-7+/t15-/m0/s1. The monoisotopic (exact) mass is 367 g/mol. The molecule has 0 N–H and O–H groups in total. The Hall–Kier alpha value is -1.43. The highest BCUT2D eigenvalue weighted by Crippen LogP contribution is 2.33. The summed E-state index contributed by atoms with van der Waals surface area (Å²) in [4.78, 5) is 2.04. The Morgan fingerprint density at radius 1 is 1.25 bits per heavy atom. The van der Waals surface area contributed by atoms with E-state index in [-0.39, 0.29) is 11.5 Å². The second kappa shape index (κ2) is 7.64. The third-order valence-electron chi connectivity index (χ3n) is 3.59. The molecule has 0 spiro atoms. The van der Waals surface area contributed by atoms with Gasteiger partial charge < -0.3 is 4.90 Å². The molecule has 1 aromatic heterocycles. The van der Waals surface area contributed by atoms with Crippen molar-refractivity contribution in [3.8, 4) is 0 Å². The second-order valence-electron chi connectivity index (χ2n) is 7.11. The molecule has 0 unspecified atom stereocenters. The van der Waals surface area contributed by atoms with Crippen molar-refractivity contribution in [2.75, 3.05) is 14.1 Å². The number of nitrogens with zero attached hydrogens (tertiary/aromatic N) is 5. The average molecular weight is 368 g/mol. The van der Waals surface area contributed by atoms with Crippen molar-refractivity contribution in [1.29, 1.82) is 0 Å². The predicted molar refractivity (Wildman–Crippen MR) is 99.2 cm³/mol. The van der Waals surface area contributed by atoms with Crippen LogP contribution in [0, 0.1) is 5.41 Å². The topological polar surface area (TPSA) is 46.8 Å². The maximum Gasteiger partial charge on any atom is 0.165 e. The summed E-state index contributed by atoms with van der Waals surface area (Å²) in [6.45, 7) is 7.15. The summed E-state index contributed by atoms with van der Waals surface area (Å²) in [5.41, 5.74) is 0.851. The number of allylic oxidation sites excluding steroid dienone is 1. The molecule has 2 aromatic rings. The molecular formula is C17H23Cl2N5. The fourth-order valence-electron chi connectivity index (χ4n) is 2.38. The highest BCUT2D eigenvalue weighted by molar-refractivity contribution is 6.35. The molecule has 5 nitrogen and oxygen atoms in total. The third kappa shape index (κ3) is 4.79. The molecule has 0 amide bonds. The van der Waals surface area contributed by atoms with Crippen LogP contribution in [0.2, 0.25) is 10.0 Å². The Labute approximate surface area is 153 Å². The van der Waals surface area contributed by atoms with E-state index < -0.39 is 0 Å². The van der Waals surface area contributed by atoms with E-state index in [1.54, 1.807) is 6.07 Å². The van der Waals surface area contributed by atoms with Gasteiger partial charge in [-0.15, -0.1) is 5.10 Å². The van der Waals surface area contributed by atoms with E-state index in [4.69, 9.17) is 23.2 Å². The summed E-state index contributed by atoms with van der Waals surface area (Å²) in [7, 11) is 3.99. The molecule has 0 saturated carbocycles. The Kier molecular flexibility index (Phi) is 6.01. The summed E-state index contributed by atoms with van der Waals surface area (Å²) in [5.74, 6) is 0.826. The van der Waals surface area contributed by atoms with E-state index in [2.05, 4.69) is 42.4 Å². The van der Waals surface area contributed by atoms with Gasteiger partial charge in [-0.1, -0.05) is 62.2 Å². The summed E-state index contributed by atoms with van der Waals surface area (Å²) >= 11 is 12.2. The summed E-state index contributed by atoms with van der Waals surface area (Å²) in [5, 5.41) is 13.5. The third-order valence-corrected chi connectivity index (χ3v) is 4.15. The van der Waals surface area contributed by atoms with Gasteiger partial charge in [-0.3, -0.25) is 0 Å². The van der Waals surface area contributed by atoms with Gasteiger partial charge in [0.1, 0.15) is 0 Å². The molecule has 130 valence electrons. The van der Waals surface area contributed by atoms with E-state index in [0.29, 0.717) is 16.6 Å². The first kappa shape index (κ1) is 18.9. The van der Waals surface area contributed by atoms with E-state index in [1.165, 1.54) is 0 Å². The predicted octanol–water partition coefficient (Wildman–Crippen LogP) is 4.34. The first-order valence-corrected chi connectivity index (χ1v) is 8.49. The van der Waals surface area contributed by atoms with Gasteiger partial charge in [0, 0.05) is 10.0 Å². The lowest BCUT2D eigenvalue weighted by Gasteiger charge is -2.29. The molecule has 0 aliphatic carbocycles. The highest BCUT2D eigenvalue weighted by Gasteiger charge is 2.27. The molecule has 0 aliphatic rings. The molecule has 0 fully saturated rings. The minimum atomic E-state index is -0.0636. The highest BCUT2D eigenvalue weighted by atomic mass is 35.5. The Balaban J connectivity index is 2.37. The van der Waals surface area contributed by atoms with Crippen LogP contribution >= 0.6 is 23.2 Å². The van der Waals surface area contributed by atoms with Crippen LogP contribution in [0.5, 0.6) is 0 Å². The number of hydrogen-bond donors (Lipinski definition) is 0. The van der Waals surface area contributed by atoms with Crippen molar-refractivity contribution in [3.63, 3.8) is 0 Å². The molecule has 0 aliphatic heterocycles. The second-order valence-corrected chi connectivity index (χ2v) is 7.96. The van der Waals surface area contributed by atoms with Crippen LogP contribution < -0.4 is 0 Å². The average Bonchev–Trinajstić information content (AvgIpc) is 2.87. The quantitative estimate of drug-likeness (QED) is 0.788. The van der Waals surface area contributed by atoms with Gasteiger partial charge >= 0.3 is 0 Å². The van der Waals surface area contributed by atoms with Gasteiger partial charge in [0.05, 0.1) is 12.6 Å².